The standard InChI is InChI=1S/C20H18F2O2/c21-15-1-3-17-13(11-15)5-7-19(17)9-10-20(24-23-19)8-6-14-12-16(22)2-4-18(14)20/h1-4,11-12H,5-10H2/t19-,20+. The van der Waals surface area contributed by atoms with Crippen molar-refractivity contribution in [3.63, 3.8) is 0 Å². The number of fused-ring (bicyclic) bond motifs is 4. The fraction of sp³-hybridized carbons (Fsp3) is 0.400. The molecule has 1 saturated heterocycles. The van der Waals surface area contributed by atoms with Crippen LogP contribution in [-0.2, 0) is 33.8 Å². The number of halogens is 2. The van der Waals surface area contributed by atoms with Crippen LogP contribution in [0.1, 0.15) is 47.9 Å². The minimum absolute atomic E-state index is 0.203. The van der Waals surface area contributed by atoms with E-state index >= 15 is 0 Å². The summed E-state index contributed by atoms with van der Waals surface area (Å²) in [7, 11) is 0. The quantitative estimate of drug-likeness (QED) is 0.653. The highest BCUT2D eigenvalue weighted by Crippen LogP contribution is 2.54. The predicted molar refractivity (Wildman–Crippen MR) is 84.2 cm³/mol. The van der Waals surface area contributed by atoms with Crippen LogP contribution >= 0.6 is 0 Å². The molecule has 4 heteroatoms. The second-order valence-corrected chi connectivity index (χ2v) is 7.26. The maximum Gasteiger partial charge on any atom is 0.129 e. The van der Waals surface area contributed by atoms with Gasteiger partial charge < -0.3 is 0 Å². The molecule has 2 nitrogen and oxygen atoms in total. The molecule has 0 aromatic heterocycles. The van der Waals surface area contributed by atoms with Gasteiger partial charge in [-0.1, -0.05) is 12.1 Å². The summed E-state index contributed by atoms with van der Waals surface area (Å²) in [6.07, 6.45) is 4.93. The average Bonchev–Trinajstić information content (AvgIpc) is 3.10. The minimum atomic E-state index is -0.461. The van der Waals surface area contributed by atoms with Crippen LogP contribution in [0.15, 0.2) is 36.4 Å². The summed E-state index contributed by atoms with van der Waals surface area (Å²) < 4.78 is 26.9. The second-order valence-electron chi connectivity index (χ2n) is 7.26. The topological polar surface area (TPSA) is 18.5 Å². The van der Waals surface area contributed by atoms with Gasteiger partial charge in [0.15, 0.2) is 0 Å². The van der Waals surface area contributed by atoms with E-state index in [0.29, 0.717) is 0 Å². The van der Waals surface area contributed by atoms with Gasteiger partial charge in [-0.2, -0.15) is 0 Å². The molecule has 0 N–H and O–H groups in total. The summed E-state index contributed by atoms with van der Waals surface area (Å²) in [5.41, 5.74) is 3.22. The van der Waals surface area contributed by atoms with E-state index in [0.717, 1.165) is 60.8 Å². The molecule has 124 valence electrons. The lowest BCUT2D eigenvalue weighted by atomic mass is 9.82. The van der Waals surface area contributed by atoms with Gasteiger partial charge in [0.1, 0.15) is 22.8 Å². The fourth-order valence-electron chi connectivity index (χ4n) is 4.71. The summed E-state index contributed by atoms with van der Waals surface area (Å²) in [4.78, 5) is 12.0. The first-order valence-corrected chi connectivity index (χ1v) is 8.55. The van der Waals surface area contributed by atoms with Crippen molar-refractivity contribution in [3.8, 4) is 0 Å². The molecule has 0 radical (unpaired) electrons. The Hall–Kier alpha value is -1.78. The molecule has 1 aliphatic heterocycles. The minimum Gasteiger partial charge on any atom is -0.224 e. The van der Waals surface area contributed by atoms with Crippen LogP contribution in [0, 0.1) is 11.6 Å². The number of hydrogen-bond donors (Lipinski definition) is 0. The maximum atomic E-state index is 13.5. The van der Waals surface area contributed by atoms with Crippen LogP contribution < -0.4 is 0 Å². The SMILES string of the molecule is Fc1ccc2c(c1)CC[C@@]21CC[C@]2(CCc3cc(F)ccc32)OO1. The molecule has 1 fully saturated rings. The Bertz CT molecular complexity index is 753. The summed E-state index contributed by atoms with van der Waals surface area (Å²) in [6.45, 7) is 0. The molecule has 24 heavy (non-hydrogen) atoms. The molecule has 5 rings (SSSR count). The first-order chi connectivity index (χ1) is 11.6. The number of rotatable bonds is 0. The maximum absolute atomic E-state index is 13.5. The number of aryl methyl sites for hydroxylation is 2. The Kier molecular flexibility index (Phi) is 2.95. The number of benzene rings is 2. The lowest BCUT2D eigenvalue weighted by Gasteiger charge is -2.42. The molecule has 1 heterocycles. The zero-order chi connectivity index (χ0) is 16.4. The summed E-state index contributed by atoms with van der Waals surface area (Å²) in [5.74, 6) is -0.406. The van der Waals surface area contributed by atoms with Gasteiger partial charge in [0, 0.05) is 0 Å². The van der Waals surface area contributed by atoms with Crippen molar-refractivity contribution in [2.24, 2.45) is 0 Å². The van der Waals surface area contributed by atoms with E-state index in [1.165, 1.54) is 12.1 Å². The monoisotopic (exact) mass is 328 g/mol. The third-order valence-electron chi connectivity index (χ3n) is 6.01. The van der Waals surface area contributed by atoms with Gasteiger partial charge >= 0.3 is 0 Å². The van der Waals surface area contributed by atoms with E-state index in [1.807, 2.05) is 12.1 Å². The smallest absolute Gasteiger partial charge is 0.129 e. The van der Waals surface area contributed by atoms with E-state index in [2.05, 4.69) is 0 Å². The fourth-order valence-corrected chi connectivity index (χ4v) is 4.71. The van der Waals surface area contributed by atoms with Crippen LogP contribution in [0.4, 0.5) is 8.78 Å². The van der Waals surface area contributed by atoms with Crippen molar-refractivity contribution in [1.29, 1.82) is 0 Å². The first kappa shape index (κ1) is 14.6. The third kappa shape index (κ3) is 1.93. The molecule has 0 saturated carbocycles. The van der Waals surface area contributed by atoms with E-state index in [4.69, 9.17) is 9.78 Å². The van der Waals surface area contributed by atoms with Crippen molar-refractivity contribution in [2.75, 3.05) is 0 Å². The van der Waals surface area contributed by atoms with Crippen LogP contribution in [0.5, 0.6) is 0 Å². The number of hydrogen-bond acceptors (Lipinski definition) is 2. The lowest BCUT2D eigenvalue weighted by Crippen LogP contribution is -2.41. The largest absolute Gasteiger partial charge is 0.224 e. The average molecular weight is 328 g/mol. The highest BCUT2D eigenvalue weighted by Gasteiger charge is 2.52. The highest BCUT2D eigenvalue weighted by atomic mass is 19.1. The molecule has 0 amide bonds. The Morgan fingerprint density at radius 3 is 1.54 bits per heavy atom. The van der Waals surface area contributed by atoms with Crippen molar-refractivity contribution < 1.29 is 18.6 Å². The molecule has 0 bridgehead atoms. The van der Waals surface area contributed by atoms with Gasteiger partial charge in [0.2, 0.25) is 0 Å². The Labute approximate surface area is 139 Å². The molecule has 2 aromatic carbocycles. The van der Waals surface area contributed by atoms with Crippen LogP contribution in [0.25, 0.3) is 0 Å². The lowest BCUT2D eigenvalue weighted by molar-refractivity contribution is -0.450. The van der Waals surface area contributed by atoms with Gasteiger partial charge in [-0.15, -0.1) is 0 Å². The molecular formula is C20H18F2O2. The highest BCUT2D eigenvalue weighted by molar-refractivity contribution is 5.41. The molecule has 2 aromatic rings. The first-order valence-electron chi connectivity index (χ1n) is 8.55. The van der Waals surface area contributed by atoms with Gasteiger partial charge in [0.05, 0.1) is 0 Å². The van der Waals surface area contributed by atoms with E-state index in [-0.39, 0.29) is 11.6 Å². The molecule has 0 unspecified atom stereocenters. The van der Waals surface area contributed by atoms with Crippen molar-refractivity contribution in [1.82, 2.24) is 0 Å². The van der Waals surface area contributed by atoms with Crippen molar-refractivity contribution >= 4 is 0 Å². The Morgan fingerprint density at radius 2 is 1.12 bits per heavy atom. The normalized spacial score (nSPS) is 30.8. The zero-order valence-electron chi connectivity index (χ0n) is 13.3. The van der Waals surface area contributed by atoms with Gasteiger partial charge in [-0.05, 0) is 85.0 Å². The second kappa shape index (κ2) is 4.87. The van der Waals surface area contributed by atoms with E-state index in [1.54, 1.807) is 12.1 Å². The Balaban J connectivity index is 1.46. The van der Waals surface area contributed by atoms with Gasteiger partial charge in [-0.25, -0.2) is 18.6 Å². The van der Waals surface area contributed by atoms with Gasteiger partial charge in [-0.3, -0.25) is 0 Å². The molecule has 2 spiro atoms. The summed E-state index contributed by atoms with van der Waals surface area (Å²) in [5, 5.41) is 0. The molecule has 2 aliphatic carbocycles. The van der Waals surface area contributed by atoms with Crippen LogP contribution in [-0.4, -0.2) is 0 Å². The van der Waals surface area contributed by atoms with E-state index in [9.17, 15) is 8.78 Å². The molecular weight excluding hydrogens is 310 g/mol. The van der Waals surface area contributed by atoms with E-state index < -0.39 is 11.2 Å². The predicted octanol–water partition coefficient (Wildman–Crippen LogP) is 4.69. The Morgan fingerprint density at radius 1 is 0.667 bits per heavy atom. The van der Waals surface area contributed by atoms with Crippen molar-refractivity contribution in [2.45, 2.75) is 49.7 Å². The summed E-state index contributed by atoms with van der Waals surface area (Å²) in [6, 6.07) is 9.85. The zero-order valence-corrected chi connectivity index (χ0v) is 13.3. The van der Waals surface area contributed by atoms with Crippen LogP contribution in [0.2, 0.25) is 0 Å². The molecule has 2 atom stereocenters. The van der Waals surface area contributed by atoms with Gasteiger partial charge in [0.25, 0.3) is 0 Å². The molecule has 3 aliphatic rings. The third-order valence-corrected chi connectivity index (χ3v) is 6.01. The van der Waals surface area contributed by atoms with Crippen LogP contribution in [0.3, 0.4) is 0 Å². The van der Waals surface area contributed by atoms with Crippen molar-refractivity contribution in [3.05, 3.63) is 70.3 Å². The summed E-state index contributed by atoms with van der Waals surface area (Å²) >= 11 is 0.